The van der Waals surface area contributed by atoms with Gasteiger partial charge in [0.1, 0.15) is 11.5 Å². The second-order valence-corrected chi connectivity index (χ2v) is 6.13. The van der Waals surface area contributed by atoms with Crippen molar-refractivity contribution in [2.45, 2.75) is 6.92 Å². The highest BCUT2D eigenvalue weighted by atomic mass is 19.1. The lowest BCUT2D eigenvalue weighted by Crippen LogP contribution is -2.30. The van der Waals surface area contributed by atoms with Gasteiger partial charge in [-0.05, 0) is 67.1 Å². The van der Waals surface area contributed by atoms with Gasteiger partial charge in [-0.1, -0.05) is 12.1 Å². The number of halogens is 1. The summed E-state index contributed by atoms with van der Waals surface area (Å²) in [4.78, 5) is 36.4. The van der Waals surface area contributed by atoms with Crippen LogP contribution in [0.1, 0.15) is 33.4 Å². The molecule has 29 heavy (non-hydrogen) atoms. The van der Waals surface area contributed by atoms with Gasteiger partial charge in [-0.3, -0.25) is 14.4 Å². The molecule has 0 bridgehead atoms. The Bertz CT molecular complexity index is 1050. The van der Waals surface area contributed by atoms with Crippen molar-refractivity contribution in [3.05, 3.63) is 95.3 Å². The van der Waals surface area contributed by atoms with Gasteiger partial charge in [0.15, 0.2) is 11.5 Å². The molecule has 2 aromatic carbocycles. The molecule has 0 saturated carbocycles. The standard InChI is InChI=1S/C22H17FN2O4/c1-14(26)16-6-10-18(11-7-16)24-21(27)19(13-15-4-8-17(23)9-5-15)25-22(28)20-3-2-12-29-20/h2-13H,1H3,(H,24,27)(H,25,28). The van der Waals surface area contributed by atoms with Crippen LogP contribution in [0.5, 0.6) is 0 Å². The highest BCUT2D eigenvalue weighted by molar-refractivity contribution is 6.10. The van der Waals surface area contributed by atoms with Gasteiger partial charge in [0.05, 0.1) is 6.26 Å². The lowest BCUT2D eigenvalue weighted by Gasteiger charge is -2.11. The van der Waals surface area contributed by atoms with Crippen molar-refractivity contribution in [2.75, 3.05) is 5.32 Å². The van der Waals surface area contributed by atoms with Crippen LogP contribution in [-0.4, -0.2) is 17.6 Å². The molecule has 0 spiro atoms. The van der Waals surface area contributed by atoms with Gasteiger partial charge in [0.25, 0.3) is 11.8 Å². The molecule has 0 aliphatic carbocycles. The van der Waals surface area contributed by atoms with Crippen LogP contribution >= 0.6 is 0 Å². The van der Waals surface area contributed by atoms with Crippen molar-refractivity contribution in [1.82, 2.24) is 5.32 Å². The molecule has 0 atom stereocenters. The van der Waals surface area contributed by atoms with E-state index in [2.05, 4.69) is 10.6 Å². The van der Waals surface area contributed by atoms with Gasteiger partial charge in [-0.2, -0.15) is 0 Å². The van der Waals surface area contributed by atoms with Gasteiger partial charge >= 0.3 is 0 Å². The fourth-order valence-electron chi connectivity index (χ4n) is 2.46. The maximum atomic E-state index is 13.1. The first-order chi connectivity index (χ1) is 13.9. The Hall–Kier alpha value is -4.00. The number of amides is 2. The molecule has 0 fully saturated rings. The number of carbonyl (C=O) groups is 3. The first kappa shape index (κ1) is 19.8. The van der Waals surface area contributed by atoms with Crippen molar-refractivity contribution in [2.24, 2.45) is 0 Å². The van der Waals surface area contributed by atoms with Crippen LogP contribution < -0.4 is 10.6 Å². The largest absolute Gasteiger partial charge is 0.459 e. The molecule has 2 amide bonds. The van der Waals surface area contributed by atoms with Gasteiger partial charge < -0.3 is 15.1 Å². The number of carbonyl (C=O) groups excluding carboxylic acids is 3. The van der Waals surface area contributed by atoms with Crippen LogP contribution in [0.2, 0.25) is 0 Å². The summed E-state index contributed by atoms with van der Waals surface area (Å²) in [6.45, 7) is 1.45. The Morgan fingerprint density at radius 1 is 0.966 bits per heavy atom. The summed E-state index contributed by atoms with van der Waals surface area (Å²) in [5.74, 6) is -1.67. The third kappa shape index (κ3) is 5.26. The number of anilines is 1. The quantitative estimate of drug-likeness (QED) is 0.490. The Balaban J connectivity index is 1.84. The summed E-state index contributed by atoms with van der Waals surface area (Å²) in [6, 6.07) is 14.8. The smallest absolute Gasteiger partial charge is 0.291 e. The summed E-state index contributed by atoms with van der Waals surface area (Å²) in [5, 5.41) is 5.15. The monoisotopic (exact) mass is 392 g/mol. The molecule has 6 nitrogen and oxygen atoms in total. The zero-order chi connectivity index (χ0) is 20.8. The van der Waals surface area contributed by atoms with E-state index in [0.717, 1.165) is 0 Å². The first-order valence-electron chi connectivity index (χ1n) is 8.67. The zero-order valence-electron chi connectivity index (χ0n) is 15.4. The minimum Gasteiger partial charge on any atom is -0.459 e. The van der Waals surface area contributed by atoms with Crippen molar-refractivity contribution in [3.8, 4) is 0 Å². The molecular weight excluding hydrogens is 375 g/mol. The van der Waals surface area contributed by atoms with Gasteiger partial charge in [-0.15, -0.1) is 0 Å². The van der Waals surface area contributed by atoms with E-state index in [1.165, 1.54) is 49.6 Å². The fraction of sp³-hybridized carbons (Fsp3) is 0.0455. The second kappa shape index (κ2) is 8.79. The Morgan fingerprint density at radius 2 is 1.66 bits per heavy atom. The predicted octanol–water partition coefficient (Wildman–Crippen LogP) is 4.03. The summed E-state index contributed by atoms with van der Waals surface area (Å²) < 4.78 is 18.2. The molecular formula is C22H17FN2O4. The normalized spacial score (nSPS) is 11.0. The maximum absolute atomic E-state index is 13.1. The topological polar surface area (TPSA) is 88.4 Å². The third-order valence-corrected chi connectivity index (χ3v) is 3.97. The van der Waals surface area contributed by atoms with Crippen molar-refractivity contribution < 1.29 is 23.2 Å². The van der Waals surface area contributed by atoms with Crippen LogP contribution in [-0.2, 0) is 4.79 Å². The molecule has 0 aliphatic heterocycles. The number of hydrogen-bond donors (Lipinski definition) is 2. The number of furan rings is 1. The number of ketones is 1. The van der Waals surface area contributed by atoms with E-state index in [4.69, 9.17) is 4.42 Å². The second-order valence-electron chi connectivity index (χ2n) is 6.13. The van der Waals surface area contributed by atoms with E-state index < -0.39 is 17.6 Å². The molecule has 146 valence electrons. The average molecular weight is 392 g/mol. The summed E-state index contributed by atoms with van der Waals surface area (Å²) in [6.07, 6.45) is 2.76. The highest BCUT2D eigenvalue weighted by Crippen LogP contribution is 2.14. The summed E-state index contributed by atoms with van der Waals surface area (Å²) in [7, 11) is 0. The third-order valence-electron chi connectivity index (χ3n) is 3.97. The van der Waals surface area contributed by atoms with Crippen LogP contribution in [0.15, 0.2) is 77.0 Å². The van der Waals surface area contributed by atoms with E-state index in [9.17, 15) is 18.8 Å². The SMILES string of the molecule is CC(=O)c1ccc(NC(=O)C(=Cc2ccc(F)cc2)NC(=O)c2ccco2)cc1. The molecule has 0 aliphatic rings. The van der Waals surface area contributed by atoms with Crippen molar-refractivity contribution in [1.29, 1.82) is 0 Å². The number of rotatable bonds is 6. The minimum absolute atomic E-state index is 0.0358. The van der Waals surface area contributed by atoms with Crippen molar-refractivity contribution in [3.63, 3.8) is 0 Å². The number of nitrogens with one attached hydrogen (secondary N) is 2. The molecule has 0 radical (unpaired) electrons. The van der Waals surface area contributed by atoms with Crippen LogP contribution in [0, 0.1) is 5.82 Å². The highest BCUT2D eigenvalue weighted by Gasteiger charge is 2.16. The Kier molecular flexibility index (Phi) is 5.99. The minimum atomic E-state index is -0.606. The molecule has 0 unspecified atom stereocenters. The predicted molar refractivity (Wildman–Crippen MR) is 106 cm³/mol. The summed E-state index contributed by atoms with van der Waals surface area (Å²) in [5.41, 5.74) is 1.41. The van der Waals surface area contributed by atoms with Crippen LogP contribution in [0.4, 0.5) is 10.1 Å². The van der Waals surface area contributed by atoms with E-state index in [0.29, 0.717) is 16.8 Å². The number of Topliss-reactive ketones (excluding diaryl/α,β-unsaturated/α-hetero) is 1. The van der Waals surface area contributed by atoms with E-state index in [-0.39, 0.29) is 17.2 Å². The Labute approximate surface area is 166 Å². The molecule has 7 heteroatoms. The molecule has 2 N–H and O–H groups in total. The van der Waals surface area contributed by atoms with Crippen LogP contribution in [0.3, 0.4) is 0 Å². The van der Waals surface area contributed by atoms with Crippen LogP contribution in [0.25, 0.3) is 6.08 Å². The Morgan fingerprint density at radius 3 is 2.24 bits per heavy atom. The van der Waals surface area contributed by atoms with Gasteiger partial charge in [0.2, 0.25) is 0 Å². The first-order valence-corrected chi connectivity index (χ1v) is 8.67. The zero-order valence-corrected chi connectivity index (χ0v) is 15.4. The van der Waals surface area contributed by atoms with E-state index in [1.54, 1.807) is 30.3 Å². The van der Waals surface area contributed by atoms with E-state index in [1.807, 2.05) is 0 Å². The maximum Gasteiger partial charge on any atom is 0.291 e. The van der Waals surface area contributed by atoms with Gasteiger partial charge in [0, 0.05) is 11.3 Å². The van der Waals surface area contributed by atoms with Crippen molar-refractivity contribution >= 4 is 29.4 Å². The fourth-order valence-corrected chi connectivity index (χ4v) is 2.46. The van der Waals surface area contributed by atoms with Gasteiger partial charge in [-0.25, -0.2) is 4.39 Å². The number of hydrogen-bond acceptors (Lipinski definition) is 4. The molecule has 1 aromatic heterocycles. The molecule has 1 heterocycles. The molecule has 3 rings (SSSR count). The summed E-state index contributed by atoms with van der Waals surface area (Å²) >= 11 is 0. The molecule has 0 saturated heterocycles. The van der Waals surface area contributed by atoms with E-state index >= 15 is 0 Å². The lowest BCUT2D eigenvalue weighted by atomic mass is 10.1. The molecule has 3 aromatic rings. The number of benzene rings is 2. The lowest BCUT2D eigenvalue weighted by molar-refractivity contribution is -0.113. The average Bonchev–Trinajstić information content (AvgIpc) is 3.24.